The summed E-state index contributed by atoms with van der Waals surface area (Å²) in [5.74, 6) is 2.44. The Morgan fingerprint density at radius 1 is 1.14 bits per heavy atom. The van der Waals surface area contributed by atoms with Crippen LogP contribution in [0.4, 0.5) is 11.8 Å². The van der Waals surface area contributed by atoms with Gasteiger partial charge in [-0.15, -0.1) is 0 Å². The molecule has 1 saturated heterocycles. The lowest BCUT2D eigenvalue weighted by atomic mass is 10.3. The van der Waals surface area contributed by atoms with Gasteiger partial charge in [-0.25, -0.2) is 15.0 Å². The Labute approximate surface area is 124 Å². The van der Waals surface area contributed by atoms with E-state index < -0.39 is 0 Å². The van der Waals surface area contributed by atoms with Crippen molar-refractivity contribution in [2.75, 3.05) is 37.0 Å². The number of hydrogen-bond acceptors (Lipinski definition) is 6. The summed E-state index contributed by atoms with van der Waals surface area (Å²) in [6.07, 6.45) is 6.40. The highest BCUT2D eigenvalue weighted by Gasteiger charge is 2.26. The van der Waals surface area contributed by atoms with Crippen LogP contribution in [-0.2, 0) is 0 Å². The predicted octanol–water partition coefficient (Wildman–Crippen LogP) is 1.60. The summed E-state index contributed by atoms with van der Waals surface area (Å²) in [5.41, 5.74) is 0. The van der Waals surface area contributed by atoms with Crippen LogP contribution in [0.1, 0.15) is 6.42 Å². The van der Waals surface area contributed by atoms with Gasteiger partial charge in [0.2, 0.25) is 5.95 Å². The van der Waals surface area contributed by atoms with Gasteiger partial charge >= 0.3 is 0 Å². The summed E-state index contributed by atoms with van der Waals surface area (Å²) in [6, 6.07) is 5.69. The Kier molecular flexibility index (Phi) is 3.85. The van der Waals surface area contributed by atoms with E-state index >= 15 is 0 Å². The van der Waals surface area contributed by atoms with Gasteiger partial charge < -0.3 is 14.5 Å². The minimum atomic E-state index is 0.136. The van der Waals surface area contributed by atoms with Crippen LogP contribution in [0.2, 0.25) is 0 Å². The number of rotatable bonds is 4. The third-order valence-corrected chi connectivity index (χ3v) is 3.45. The van der Waals surface area contributed by atoms with Crippen LogP contribution < -0.4 is 14.5 Å². The summed E-state index contributed by atoms with van der Waals surface area (Å²) in [4.78, 5) is 17.0. The van der Waals surface area contributed by atoms with Crippen LogP contribution in [0.25, 0.3) is 0 Å². The molecule has 2 aromatic heterocycles. The Balaban J connectivity index is 1.68. The van der Waals surface area contributed by atoms with Crippen molar-refractivity contribution in [2.24, 2.45) is 0 Å². The Bertz CT molecular complexity index is 590. The second-order valence-corrected chi connectivity index (χ2v) is 5.24. The van der Waals surface area contributed by atoms with Gasteiger partial charge in [-0.2, -0.15) is 0 Å². The molecule has 0 amide bonds. The number of ether oxygens (including phenoxy) is 1. The molecule has 6 heteroatoms. The maximum atomic E-state index is 6.12. The largest absolute Gasteiger partial charge is 0.485 e. The summed E-state index contributed by atoms with van der Waals surface area (Å²) in [5, 5.41) is 0. The van der Waals surface area contributed by atoms with Crippen molar-refractivity contribution in [3.8, 4) is 5.75 Å². The zero-order valence-electron chi connectivity index (χ0n) is 12.3. The Morgan fingerprint density at radius 3 is 2.67 bits per heavy atom. The highest BCUT2D eigenvalue weighted by molar-refractivity contribution is 5.51. The lowest BCUT2D eigenvalue weighted by Crippen LogP contribution is -2.26. The predicted molar refractivity (Wildman–Crippen MR) is 81.8 cm³/mol. The Morgan fingerprint density at radius 2 is 1.90 bits per heavy atom. The fourth-order valence-electron chi connectivity index (χ4n) is 2.45. The molecule has 1 atom stereocenters. The first-order chi connectivity index (χ1) is 10.2. The number of nitrogens with zero attached hydrogens (tertiary/aromatic N) is 5. The monoisotopic (exact) mass is 285 g/mol. The van der Waals surface area contributed by atoms with Crippen LogP contribution in [0.5, 0.6) is 5.75 Å². The molecule has 2 aromatic rings. The van der Waals surface area contributed by atoms with Crippen LogP contribution in [0, 0.1) is 0 Å². The smallest absolute Gasteiger partial charge is 0.225 e. The van der Waals surface area contributed by atoms with Crippen LogP contribution in [0.3, 0.4) is 0 Å². The molecule has 0 N–H and O–H groups in total. The van der Waals surface area contributed by atoms with Crippen molar-refractivity contribution in [1.82, 2.24) is 15.0 Å². The van der Waals surface area contributed by atoms with Gasteiger partial charge in [-0.05, 0) is 18.2 Å². The van der Waals surface area contributed by atoms with Gasteiger partial charge in [0.1, 0.15) is 6.10 Å². The molecule has 21 heavy (non-hydrogen) atoms. The lowest BCUT2D eigenvalue weighted by molar-refractivity contribution is 0.225. The fraction of sp³-hybridized carbons (Fsp3) is 0.400. The topological polar surface area (TPSA) is 54.4 Å². The molecule has 0 spiro atoms. The summed E-state index contributed by atoms with van der Waals surface area (Å²) < 4.78 is 6.12. The minimum Gasteiger partial charge on any atom is -0.485 e. The van der Waals surface area contributed by atoms with Gasteiger partial charge in [-0.3, -0.25) is 0 Å². The molecule has 6 nitrogen and oxygen atoms in total. The van der Waals surface area contributed by atoms with Crippen LogP contribution in [0.15, 0.2) is 36.8 Å². The van der Waals surface area contributed by atoms with Crippen molar-refractivity contribution in [2.45, 2.75) is 12.5 Å². The normalized spacial score (nSPS) is 17.8. The third-order valence-electron chi connectivity index (χ3n) is 3.45. The highest BCUT2D eigenvalue weighted by atomic mass is 16.5. The van der Waals surface area contributed by atoms with Crippen molar-refractivity contribution in [1.29, 1.82) is 0 Å². The van der Waals surface area contributed by atoms with Crippen molar-refractivity contribution in [3.63, 3.8) is 0 Å². The van der Waals surface area contributed by atoms with Crippen molar-refractivity contribution < 1.29 is 4.74 Å². The number of pyridine rings is 1. The first kappa shape index (κ1) is 13.6. The van der Waals surface area contributed by atoms with Gasteiger partial charge in [0.05, 0.1) is 6.54 Å². The molecular weight excluding hydrogens is 266 g/mol. The average molecular weight is 285 g/mol. The lowest BCUT2D eigenvalue weighted by Gasteiger charge is -2.20. The van der Waals surface area contributed by atoms with Gasteiger partial charge in [-0.1, -0.05) is 0 Å². The van der Waals surface area contributed by atoms with E-state index in [2.05, 4.69) is 19.9 Å². The van der Waals surface area contributed by atoms with E-state index in [1.807, 2.05) is 37.2 Å². The van der Waals surface area contributed by atoms with E-state index in [0.29, 0.717) is 0 Å². The molecule has 1 fully saturated rings. The van der Waals surface area contributed by atoms with Crippen LogP contribution in [-0.4, -0.2) is 48.2 Å². The quantitative estimate of drug-likeness (QED) is 0.850. The minimum absolute atomic E-state index is 0.136. The second-order valence-electron chi connectivity index (χ2n) is 5.24. The zero-order chi connectivity index (χ0) is 14.7. The molecule has 110 valence electrons. The summed E-state index contributed by atoms with van der Waals surface area (Å²) >= 11 is 0. The van der Waals surface area contributed by atoms with E-state index in [1.54, 1.807) is 18.6 Å². The van der Waals surface area contributed by atoms with E-state index in [0.717, 1.165) is 37.0 Å². The first-order valence-electron chi connectivity index (χ1n) is 7.05. The summed E-state index contributed by atoms with van der Waals surface area (Å²) in [6.45, 7) is 1.71. The zero-order valence-corrected chi connectivity index (χ0v) is 12.3. The van der Waals surface area contributed by atoms with Crippen molar-refractivity contribution >= 4 is 11.8 Å². The van der Waals surface area contributed by atoms with E-state index in [4.69, 9.17) is 4.74 Å². The molecule has 0 aromatic carbocycles. The van der Waals surface area contributed by atoms with Gasteiger partial charge in [0.15, 0.2) is 11.6 Å². The first-order valence-corrected chi connectivity index (χ1v) is 7.05. The number of hydrogen-bond donors (Lipinski definition) is 0. The molecule has 1 aliphatic rings. The number of aromatic nitrogens is 3. The second kappa shape index (κ2) is 5.95. The molecule has 1 aliphatic heterocycles. The molecule has 0 saturated carbocycles. The van der Waals surface area contributed by atoms with Gasteiger partial charge in [0.25, 0.3) is 0 Å². The van der Waals surface area contributed by atoms with Crippen LogP contribution >= 0.6 is 0 Å². The standard InChI is InChI=1S/C15H19N5O/c1-19(2)14-13(5-3-7-16-14)21-12-6-10-20(11-12)15-17-8-4-9-18-15/h3-5,7-9,12H,6,10-11H2,1-2H3/t12-/m0/s1. The molecular formula is C15H19N5O. The molecule has 0 radical (unpaired) electrons. The molecule has 0 unspecified atom stereocenters. The SMILES string of the molecule is CN(C)c1ncccc1O[C@H]1CCN(c2ncccn2)C1. The maximum Gasteiger partial charge on any atom is 0.225 e. The summed E-state index contributed by atoms with van der Waals surface area (Å²) in [7, 11) is 3.93. The third kappa shape index (κ3) is 3.04. The molecule has 3 rings (SSSR count). The fourth-order valence-corrected chi connectivity index (χ4v) is 2.45. The van der Waals surface area contributed by atoms with E-state index in [9.17, 15) is 0 Å². The van der Waals surface area contributed by atoms with Gasteiger partial charge in [0, 0.05) is 45.7 Å². The van der Waals surface area contributed by atoms with Crippen molar-refractivity contribution in [3.05, 3.63) is 36.8 Å². The van der Waals surface area contributed by atoms with E-state index in [-0.39, 0.29) is 6.10 Å². The highest BCUT2D eigenvalue weighted by Crippen LogP contribution is 2.27. The van der Waals surface area contributed by atoms with E-state index in [1.165, 1.54) is 0 Å². The average Bonchev–Trinajstić information content (AvgIpc) is 2.97. The Hall–Kier alpha value is -2.37. The molecule has 0 aliphatic carbocycles. The number of anilines is 2. The molecule has 0 bridgehead atoms. The molecule has 3 heterocycles. The maximum absolute atomic E-state index is 6.12.